The van der Waals surface area contributed by atoms with Crippen molar-refractivity contribution < 1.29 is 38.1 Å². The number of unbranched alkanes of at least 4 members (excludes halogenated alkanes) is 3. The molecule has 11 heteroatoms. The van der Waals surface area contributed by atoms with E-state index >= 15 is 0 Å². The van der Waals surface area contributed by atoms with Crippen LogP contribution in [-0.2, 0) is 38.1 Å². The van der Waals surface area contributed by atoms with Crippen LogP contribution >= 0.6 is 0 Å². The molecule has 0 saturated heterocycles. The Hall–Kier alpha value is -1.79. The summed E-state index contributed by atoms with van der Waals surface area (Å²) in [6.45, 7) is 5.16. The van der Waals surface area contributed by atoms with Gasteiger partial charge in [0.2, 0.25) is 17.7 Å². The predicted molar refractivity (Wildman–Crippen MR) is 128 cm³/mol. The quantitative estimate of drug-likeness (QED) is 0.156. The van der Waals surface area contributed by atoms with Crippen LogP contribution in [0.2, 0.25) is 0 Å². The number of nitrogens with one attached hydrogen (secondary N) is 3. The van der Waals surface area contributed by atoms with E-state index < -0.39 is 0 Å². The monoisotopic (exact) mass is 491 g/mol. The highest BCUT2D eigenvalue weighted by molar-refractivity contribution is 5.77. The minimum Gasteiger partial charge on any atom is -0.382 e. The highest BCUT2D eigenvalue weighted by Gasteiger charge is 2.02. The average Bonchev–Trinajstić information content (AvgIpc) is 2.83. The molecule has 0 rings (SSSR count). The Kier molecular flexibility index (Phi) is 24.5. The van der Waals surface area contributed by atoms with Gasteiger partial charge >= 0.3 is 0 Å². The lowest BCUT2D eigenvalue weighted by atomic mass is 10.2. The van der Waals surface area contributed by atoms with Crippen molar-refractivity contribution in [3.63, 3.8) is 0 Å². The number of methoxy groups -OCH3 is 1. The maximum Gasteiger partial charge on any atom is 0.245 e. The molecule has 0 aromatic carbocycles. The first kappa shape index (κ1) is 32.2. The van der Waals surface area contributed by atoms with E-state index in [0.717, 1.165) is 32.1 Å². The van der Waals surface area contributed by atoms with Crippen molar-refractivity contribution in [2.45, 2.75) is 44.9 Å². The van der Waals surface area contributed by atoms with Crippen LogP contribution in [0.5, 0.6) is 0 Å². The molecule has 0 fully saturated rings. The smallest absolute Gasteiger partial charge is 0.245 e. The van der Waals surface area contributed by atoms with E-state index in [9.17, 15) is 14.4 Å². The fourth-order valence-electron chi connectivity index (χ4n) is 2.63. The normalized spacial score (nSPS) is 10.8. The molecule has 0 aromatic rings. The first-order valence-electron chi connectivity index (χ1n) is 12.1. The molecule has 200 valence electrons. The van der Waals surface area contributed by atoms with Crippen molar-refractivity contribution in [2.75, 3.05) is 86.7 Å². The molecule has 34 heavy (non-hydrogen) atoms. The topological polar surface area (TPSA) is 133 Å². The van der Waals surface area contributed by atoms with E-state index in [1.54, 1.807) is 14.2 Å². The second-order valence-electron chi connectivity index (χ2n) is 7.52. The zero-order valence-electron chi connectivity index (χ0n) is 21.0. The van der Waals surface area contributed by atoms with Crippen LogP contribution in [0.15, 0.2) is 0 Å². The fourth-order valence-corrected chi connectivity index (χ4v) is 2.63. The molecule has 0 aliphatic rings. The molecule has 11 nitrogen and oxygen atoms in total. The largest absolute Gasteiger partial charge is 0.382 e. The zero-order valence-corrected chi connectivity index (χ0v) is 21.0. The number of likely N-dealkylation sites (N-methyl/N-ethyl adjacent to an activating group) is 1. The first-order valence-corrected chi connectivity index (χ1v) is 12.1. The molecule has 3 amide bonds. The van der Waals surface area contributed by atoms with Gasteiger partial charge in [-0.1, -0.05) is 6.42 Å². The standard InChI is InChI=1S/C23H45N3O8/c1-24-23(29)20-34-14-7-6-13-32-16-10-25-21(27)8-4-3-5-12-31-17-11-26-22(28)9-15-33-19-18-30-2/h3-20H2,1-2H3,(H,24,29)(H,25,27)(H,26,28). The molecule has 0 unspecified atom stereocenters. The minimum atomic E-state index is -0.130. The summed E-state index contributed by atoms with van der Waals surface area (Å²) in [7, 11) is 3.18. The average molecular weight is 492 g/mol. The lowest BCUT2D eigenvalue weighted by Gasteiger charge is -2.08. The minimum absolute atomic E-state index is 0.0287. The second-order valence-corrected chi connectivity index (χ2v) is 7.52. The highest BCUT2D eigenvalue weighted by atomic mass is 16.5. The third-order valence-electron chi connectivity index (χ3n) is 4.57. The summed E-state index contributed by atoms with van der Waals surface area (Å²) < 4.78 is 26.3. The van der Waals surface area contributed by atoms with Gasteiger partial charge in [0.15, 0.2) is 0 Å². The van der Waals surface area contributed by atoms with Crippen molar-refractivity contribution in [3.05, 3.63) is 0 Å². The molecule has 0 aliphatic carbocycles. The van der Waals surface area contributed by atoms with E-state index in [0.29, 0.717) is 78.8 Å². The SMILES string of the molecule is CNC(=O)COCCCCOCCNC(=O)CCCCCOCCNC(=O)CCOCCOC. The summed E-state index contributed by atoms with van der Waals surface area (Å²) in [6, 6.07) is 0. The molecule has 0 aromatic heterocycles. The number of hydrogen-bond donors (Lipinski definition) is 3. The Morgan fingerprint density at radius 2 is 1.12 bits per heavy atom. The van der Waals surface area contributed by atoms with E-state index in [2.05, 4.69) is 16.0 Å². The fraction of sp³-hybridized carbons (Fsp3) is 0.870. The third kappa shape index (κ3) is 24.8. The highest BCUT2D eigenvalue weighted by Crippen LogP contribution is 2.00. The Labute approximate surface area is 203 Å². The van der Waals surface area contributed by atoms with Gasteiger partial charge < -0.3 is 39.6 Å². The summed E-state index contributed by atoms with van der Waals surface area (Å²) in [5, 5.41) is 8.12. The summed E-state index contributed by atoms with van der Waals surface area (Å²) in [6.07, 6.45) is 5.10. The number of amides is 3. The lowest BCUT2D eigenvalue weighted by Crippen LogP contribution is -2.28. The summed E-state index contributed by atoms with van der Waals surface area (Å²) >= 11 is 0. The van der Waals surface area contributed by atoms with Crippen molar-refractivity contribution >= 4 is 17.7 Å². The Balaban J connectivity index is 3.26. The molecule has 0 saturated carbocycles. The van der Waals surface area contributed by atoms with Crippen molar-refractivity contribution in [1.82, 2.24) is 16.0 Å². The molecular formula is C23H45N3O8. The van der Waals surface area contributed by atoms with Crippen molar-refractivity contribution in [2.24, 2.45) is 0 Å². The number of hydrogen-bond acceptors (Lipinski definition) is 8. The van der Waals surface area contributed by atoms with Gasteiger partial charge in [0.05, 0.1) is 33.0 Å². The summed E-state index contributed by atoms with van der Waals surface area (Å²) in [5.41, 5.74) is 0. The maximum absolute atomic E-state index is 11.8. The van der Waals surface area contributed by atoms with E-state index in [1.165, 1.54) is 0 Å². The predicted octanol–water partition coefficient (Wildman–Crippen LogP) is 0.408. The molecule has 3 N–H and O–H groups in total. The molecule has 0 aliphatic heterocycles. The van der Waals surface area contributed by atoms with Gasteiger partial charge in [0.1, 0.15) is 6.61 Å². The van der Waals surface area contributed by atoms with E-state index in [4.69, 9.17) is 23.7 Å². The van der Waals surface area contributed by atoms with Crippen molar-refractivity contribution in [3.8, 4) is 0 Å². The third-order valence-corrected chi connectivity index (χ3v) is 4.57. The Morgan fingerprint density at radius 3 is 1.74 bits per heavy atom. The van der Waals surface area contributed by atoms with Crippen LogP contribution in [0.3, 0.4) is 0 Å². The maximum atomic E-state index is 11.8. The van der Waals surface area contributed by atoms with Gasteiger partial charge in [-0.25, -0.2) is 0 Å². The molecule has 0 spiro atoms. The Morgan fingerprint density at radius 1 is 0.559 bits per heavy atom. The number of carbonyl (C=O) groups excluding carboxylic acids is 3. The van der Waals surface area contributed by atoms with Gasteiger partial charge in [0.25, 0.3) is 0 Å². The second kappa shape index (κ2) is 25.8. The van der Waals surface area contributed by atoms with Gasteiger partial charge in [-0.2, -0.15) is 0 Å². The van der Waals surface area contributed by atoms with Crippen LogP contribution in [0.1, 0.15) is 44.9 Å². The van der Waals surface area contributed by atoms with Gasteiger partial charge in [0, 0.05) is 59.9 Å². The van der Waals surface area contributed by atoms with Crippen LogP contribution in [0.25, 0.3) is 0 Å². The zero-order chi connectivity index (χ0) is 25.1. The summed E-state index contributed by atoms with van der Waals surface area (Å²) in [4.78, 5) is 34.3. The molecular weight excluding hydrogens is 446 g/mol. The van der Waals surface area contributed by atoms with Crippen LogP contribution in [-0.4, -0.2) is 104 Å². The van der Waals surface area contributed by atoms with Crippen LogP contribution < -0.4 is 16.0 Å². The van der Waals surface area contributed by atoms with Gasteiger partial charge in [-0.05, 0) is 25.7 Å². The van der Waals surface area contributed by atoms with E-state index in [-0.39, 0.29) is 24.3 Å². The summed E-state index contributed by atoms with van der Waals surface area (Å²) in [5.74, 6) is -0.155. The number of carbonyl (C=O) groups is 3. The van der Waals surface area contributed by atoms with Gasteiger partial charge in [-0.3, -0.25) is 14.4 Å². The molecule has 0 atom stereocenters. The first-order chi connectivity index (χ1) is 16.6. The molecule has 0 bridgehead atoms. The molecule has 0 heterocycles. The van der Waals surface area contributed by atoms with Crippen molar-refractivity contribution in [1.29, 1.82) is 0 Å². The number of ether oxygens (including phenoxy) is 5. The lowest BCUT2D eigenvalue weighted by molar-refractivity contribution is -0.125. The van der Waals surface area contributed by atoms with Gasteiger partial charge in [-0.15, -0.1) is 0 Å². The number of rotatable bonds is 25. The van der Waals surface area contributed by atoms with Crippen LogP contribution in [0, 0.1) is 0 Å². The van der Waals surface area contributed by atoms with E-state index in [1.807, 2.05) is 0 Å². The Bertz CT molecular complexity index is 509. The molecule has 0 radical (unpaired) electrons. The van der Waals surface area contributed by atoms with Crippen LogP contribution in [0.4, 0.5) is 0 Å².